The van der Waals surface area contributed by atoms with E-state index in [9.17, 15) is 15.3 Å². The van der Waals surface area contributed by atoms with Crippen LogP contribution in [0, 0.1) is 28.1 Å². The fourth-order valence-corrected chi connectivity index (χ4v) is 5.06. The largest absolute Gasteiger partial charge is 0.496 e. The Morgan fingerprint density at radius 1 is 1.21 bits per heavy atom. The highest BCUT2D eigenvalue weighted by atomic mass is 79.9. The lowest BCUT2D eigenvalue weighted by atomic mass is 9.69. The van der Waals surface area contributed by atoms with Crippen molar-refractivity contribution in [1.82, 2.24) is 0 Å². The lowest BCUT2D eigenvalue weighted by molar-refractivity contribution is -0.118. The minimum Gasteiger partial charge on any atom is -0.496 e. The van der Waals surface area contributed by atoms with Crippen molar-refractivity contribution >= 4 is 33.5 Å². The molecule has 0 radical (unpaired) electrons. The molecule has 144 valence electrons. The Morgan fingerprint density at radius 3 is 2.59 bits per heavy atom. The quantitative estimate of drug-likeness (QED) is 0.694. The van der Waals surface area contributed by atoms with Gasteiger partial charge in [0, 0.05) is 21.6 Å². The molecule has 2 heterocycles. The number of Topliss-reactive ketones (excluding diaryl/α,β-unsaturated/α-hetero) is 1. The molecule has 5 nitrogen and oxygen atoms in total. The van der Waals surface area contributed by atoms with Crippen LogP contribution in [-0.4, -0.2) is 25.0 Å². The van der Waals surface area contributed by atoms with Crippen LogP contribution in [0.3, 0.4) is 0 Å². The molecule has 2 aliphatic heterocycles. The maximum absolute atomic E-state index is 13.0. The van der Waals surface area contributed by atoms with E-state index >= 15 is 0 Å². The van der Waals surface area contributed by atoms with E-state index in [0.717, 1.165) is 15.7 Å². The second kappa shape index (κ2) is 7.06. The number of ketones is 1. The van der Waals surface area contributed by atoms with Crippen LogP contribution in [0.4, 0.5) is 5.69 Å². The van der Waals surface area contributed by atoms with Gasteiger partial charge in [-0.3, -0.25) is 4.79 Å². The lowest BCUT2D eigenvalue weighted by Gasteiger charge is -2.35. The summed E-state index contributed by atoms with van der Waals surface area (Å²) < 4.78 is 6.35. The van der Waals surface area contributed by atoms with Crippen molar-refractivity contribution in [1.29, 1.82) is 10.5 Å². The highest BCUT2D eigenvalue weighted by Gasteiger charge is 2.63. The number of nitrogens with zero attached hydrogens (tertiary/aromatic N) is 3. The van der Waals surface area contributed by atoms with Gasteiger partial charge in [0.2, 0.25) is 0 Å². The van der Waals surface area contributed by atoms with Gasteiger partial charge in [0.05, 0.1) is 31.3 Å². The molecule has 0 aromatic heterocycles. The smallest absolute Gasteiger partial charge is 0.176 e. The molecule has 4 rings (SSSR count). The molecule has 0 aliphatic carbocycles. The van der Waals surface area contributed by atoms with Crippen molar-refractivity contribution in [3.05, 3.63) is 64.1 Å². The van der Waals surface area contributed by atoms with Crippen LogP contribution in [0.1, 0.15) is 24.0 Å². The summed E-state index contributed by atoms with van der Waals surface area (Å²) in [6.45, 7) is 1.52. The Labute approximate surface area is 177 Å². The summed E-state index contributed by atoms with van der Waals surface area (Å²) in [6, 6.07) is 16.5. The number of halogens is 1. The van der Waals surface area contributed by atoms with Crippen LogP contribution in [0.5, 0.6) is 5.75 Å². The Morgan fingerprint density at radius 2 is 1.93 bits per heavy atom. The Bertz CT molecular complexity index is 1100. The van der Waals surface area contributed by atoms with Crippen LogP contribution in [0.15, 0.2) is 53.0 Å². The standard InChI is InChI=1S/C23H18BrN3O2/c1-14(28)22-21(17-11-16(24)8-9-19(17)29-2)23(12-25,13-26)20-10-7-15-5-3-4-6-18(15)27(20)22/h3-11,20-22H,1-2H3/t20-,21-,22+/m1/s1. The first kappa shape index (κ1) is 19.2. The minimum absolute atomic E-state index is 0.0977. The minimum atomic E-state index is -1.45. The number of anilines is 1. The molecular formula is C23H18BrN3O2. The molecular weight excluding hydrogens is 430 g/mol. The number of hydrogen-bond donors (Lipinski definition) is 0. The summed E-state index contributed by atoms with van der Waals surface area (Å²) in [5.41, 5.74) is 1.03. The molecule has 2 aliphatic rings. The maximum atomic E-state index is 13.0. The van der Waals surface area contributed by atoms with E-state index in [4.69, 9.17) is 4.74 Å². The predicted octanol–water partition coefficient (Wildman–Crippen LogP) is 4.45. The molecule has 29 heavy (non-hydrogen) atoms. The zero-order valence-corrected chi connectivity index (χ0v) is 17.6. The van der Waals surface area contributed by atoms with Gasteiger partial charge in [0.15, 0.2) is 11.2 Å². The van der Waals surface area contributed by atoms with Crippen molar-refractivity contribution in [3.63, 3.8) is 0 Å². The van der Waals surface area contributed by atoms with Gasteiger partial charge in [-0.05, 0) is 36.8 Å². The molecule has 2 aromatic rings. The highest BCUT2D eigenvalue weighted by Crippen LogP contribution is 2.56. The summed E-state index contributed by atoms with van der Waals surface area (Å²) in [4.78, 5) is 14.9. The van der Waals surface area contributed by atoms with Gasteiger partial charge in [-0.2, -0.15) is 10.5 Å². The number of ether oxygens (including phenoxy) is 1. The Kier molecular flexibility index (Phi) is 4.68. The van der Waals surface area contributed by atoms with Gasteiger partial charge in [-0.25, -0.2) is 0 Å². The predicted molar refractivity (Wildman–Crippen MR) is 113 cm³/mol. The third kappa shape index (κ3) is 2.68. The number of methoxy groups -OCH3 is 1. The maximum Gasteiger partial charge on any atom is 0.176 e. The van der Waals surface area contributed by atoms with Gasteiger partial charge < -0.3 is 9.64 Å². The number of para-hydroxylation sites is 1. The van der Waals surface area contributed by atoms with Crippen molar-refractivity contribution in [2.24, 2.45) is 5.41 Å². The molecule has 0 spiro atoms. The van der Waals surface area contributed by atoms with Crippen molar-refractivity contribution in [3.8, 4) is 17.9 Å². The number of nitriles is 2. The molecule has 6 heteroatoms. The molecule has 1 fully saturated rings. The van der Waals surface area contributed by atoms with Crippen molar-refractivity contribution in [2.45, 2.75) is 24.9 Å². The van der Waals surface area contributed by atoms with Crippen LogP contribution in [0.25, 0.3) is 6.08 Å². The number of rotatable bonds is 3. The summed E-state index contributed by atoms with van der Waals surface area (Å²) in [6.07, 6.45) is 3.80. The molecule has 3 atom stereocenters. The topological polar surface area (TPSA) is 77.1 Å². The average molecular weight is 448 g/mol. The Hall–Kier alpha value is -3.09. The van der Waals surface area contributed by atoms with Crippen molar-refractivity contribution < 1.29 is 9.53 Å². The second-order valence-corrected chi connectivity index (χ2v) is 8.20. The third-order valence-corrected chi connectivity index (χ3v) is 6.35. The van der Waals surface area contributed by atoms with E-state index in [-0.39, 0.29) is 5.78 Å². The number of carbonyl (C=O) groups excluding carboxylic acids is 1. The first-order valence-electron chi connectivity index (χ1n) is 9.20. The van der Waals surface area contributed by atoms with Gasteiger partial charge in [0.25, 0.3) is 0 Å². The molecule has 0 saturated carbocycles. The number of carbonyl (C=O) groups is 1. The second-order valence-electron chi connectivity index (χ2n) is 7.28. The normalized spacial score (nSPS) is 23.5. The molecule has 1 saturated heterocycles. The number of fused-ring (bicyclic) bond motifs is 3. The lowest BCUT2D eigenvalue weighted by Crippen LogP contribution is -2.43. The van der Waals surface area contributed by atoms with Crippen LogP contribution in [-0.2, 0) is 4.79 Å². The van der Waals surface area contributed by atoms with Gasteiger partial charge in [-0.1, -0.05) is 46.3 Å². The van der Waals surface area contributed by atoms with E-state index in [1.807, 2.05) is 53.5 Å². The molecule has 0 N–H and O–H groups in total. The third-order valence-electron chi connectivity index (χ3n) is 5.86. The van der Waals surface area contributed by atoms with Crippen LogP contribution < -0.4 is 9.64 Å². The Balaban J connectivity index is 2.04. The van der Waals surface area contributed by atoms with Gasteiger partial charge >= 0.3 is 0 Å². The number of benzene rings is 2. The van der Waals surface area contributed by atoms with Crippen molar-refractivity contribution in [2.75, 3.05) is 12.0 Å². The summed E-state index contributed by atoms with van der Waals surface area (Å²) in [5.74, 6) is -0.223. The first-order chi connectivity index (χ1) is 14.0. The SMILES string of the molecule is COc1ccc(Br)cc1[C@@H]1[C@H](C(C)=O)N2c3ccccc3C=C[C@@H]2C1(C#N)C#N. The highest BCUT2D eigenvalue weighted by molar-refractivity contribution is 9.10. The average Bonchev–Trinajstić information content (AvgIpc) is 3.04. The van der Waals surface area contributed by atoms with Crippen LogP contribution >= 0.6 is 15.9 Å². The summed E-state index contributed by atoms with van der Waals surface area (Å²) in [5, 5.41) is 20.5. The zero-order chi connectivity index (χ0) is 20.8. The summed E-state index contributed by atoms with van der Waals surface area (Å²) in [7, 11) is 1.55. The fourth-order valence-electron chi connectivity index (χ4n) is 4.68. The first-order valence-corrected chi connectivity index (χ1v) is 9.99. The van der Waals surface area contributed by atoms with Gasteiger partial charge in [-0.15, -0.1) is 0 Å². The van der Waals surface area contributed by atoms with E-state index < -0.39 is 23.4 Å². The summed E-state index contributed by atoms with van der Waals surface area (Å²) >= 11 is 3.48. The molecule has 0 bridgehead atoms. The molecule has 0 amide bonds. The van der Waals surface area contributed by atoms with Crippen LogP contribution in [0.2, 0.25) is 0 Å². The monoisotopic (exact) mass is 447 g/mol. The zero-order valence-electron chi connectivity index (χ0n) is 16.0. The fraction of sp³-hybridized carbons (Fsp3) is 0.261. The molecule has 2 aromatic carbocycles. The molecule has 0 unspecified atom stereocenters. The van der Waals surface area contributed by atoms with E-state index in [1.54, 1.807) is 13.2 Å². The van der Waals surface area contributed by atoms with E-state index in [1.165, 1.54) is 6.92 Å². The van der Waals surface area contributed by atoms with E-state index in [2.05, 4.69) is 28.1 Å². The van der Waals surface area contributed by atoms with Gasteiger partial charge in [0.1, 0.15) is 5.75 Å². The number of hydrogen-bond acceptors (Lipinski definition) is 5. The van der Waals surface area contributed by atoms with E-state index in [0.29, 0.717) is 11.3 Å².